The number of piperazine rings is 1. The Morgan fingerprint density at radius 3 is 2.05 bits per heavy atom. The highest BCUT2D eigenvalue weighted by Crippen LogP contribution is 2.28. The van der Waals surface area contributed by atoms with Gasteiger partial charge in [-0.1, -0.05) is 34.6 Å². The summed E-state index contributed by atoms with van der Waals surface area (Å²) < 4.78 is 0. The first kappa shape index (κ1) is 16.0. The highest BCUT2D eigenvalue weighted by Gasteiger charge is 2.45. The Labute approximate surface area is 116 Å². The Kier molecular flexibility index (Phi) is 4.64. The SMILES string of the molecule is CC(C)CC1C(=O)NC(C(C)(C)C)C(=O)N1C(C)C. The second kappa shape index (κ2) is 5.51. The Morgan fingerprint density at radius 1 is 1.16 bits per heavy atom. The number of hydrogen-bond acceptors (Lipinski definition) is 2. The van der Waals surface area contributed by atoms with Crippen LogP contribution in [0.1, 0.15) is 54.9 Å². The van der Waals surface area contributed by atoms with E-state index in [0.29, 0.717) is 12.3 Å². The fourth-order valence-electron chi connectivity index (χ4n) is 2.60. The van der Waals surface area contributed by atoms with Gasteiger partial charge in [0.25, 0.3) is 0 Å². The molecule has 2 amide bonds. The molecule has 0 radical (unpaired) electrons. The summed E-state index contributed by atoms with van der Waals surface area (Å²) in [5.41, 5.74) is -0.261. The predicted molar refractivity (Wildman–Crippen MR) is 76.6 cm³/mol. The summed E-state index contributed by atoms with van der Waals surface area (Å²) in [5.74, 6) is 0.422. The number of nitrogens with one attached hydrogen (secondary N) is 1. The lowest BCUT2D eigenvalue weighted by Gasteiger charge is -2.45. The second-order valence-electron chi connectivity index (χ2n) is 7.29. The molecular formula is C15H28N2O2. The van der Waals surface area contributed by atoms with Crippen molar-refractivity contribution < 1.29 is 9.59 Å². The van der Waals surface area contributed by atoms with Gasteiger partial charge in [0.1, 0.15) is 12.1 Å². The lowest BCUT2D eigenvalue weighted by molar-refractivity contribution is -0.155. The van der Waals surface area contributed by atoms with Crippen LogP contribution >= 0.6 is 0 Å². The first-order valence-electron chi connectivity index (χ1n) is 7.18. The van der Waals surface area contributed by atoms with Crippen LogP contribution in [0.2, 0.25) is 0 Å². The summed E-state index contributed by atoms with van der Waals surface area (Å²) in [5, 5.41) is 2.92. The van der Waals surface area contributed by atoms with E-state index in [1.807, 2.05) is 34.6 Å². The van der Waals surface area contributed by atoms with Crippen molar-refractivity contribution >= 4 is 11.8 Å². The fourth-order valence-corrected chi connectivity index (χ4v) is 2.60. The molecule has 0 aromatic rings. The minimum absolute atomic E-state index is 0.0121. The molecule has 0 aromatic heterocycles. The average molecular weight is 268 g/mol. The van der Waals surface area contributed by atoms with Gasteiger partial charge in [-0.2, -0.15) is 0 Å². The molecule has 1 rings (SSSR count). The van der Waals surface area contributed by atoms with E-state index in [1.54, 1.807) is 4.90 Å². The molecule has 4 nitrogen and oxygen atoms in total. The Morgan fingerprint density at radius 2 is 1.68 bits per heavy atom. The third-order valence-corrected chi connectivity index (χ3v) is 3.54. The number of nitrogens with zero attached hydrogens (tertiary/aromatic N) is 1. The summed E-state index contributed by atoms with van der Waals surface area (Å²) >= 11 is 0. The highest BCUT2D eigenvalue weighted by atomic mass is 16.2. The summed E-state index contributed by atoms with van der Waals surface area (Å²) in [6.07, 6.45) is 0.715. The number of carbonyl (C=O) groups is 2. The van der Waals surface area contributed by atoms with Crippen LogP contribution in [0, 0.1) is 11.3 Å². The molecule has 0 aromatic carbocycles. The van der Waals surface area contributed by atoms with Crippen molar-refractivity contribution in [1.29, 1.82) is 0 Å². The standard InChI is InChI=1S/C15H28N2O2/c1-9(2)8-11-13(18)16-12(15(5,6)7)14(19)17(11)10(3)4/h9-12H,8H2,1-7H3,(H,16,18). The van der Waals surface area contributed by atoms with Crippen molar-refractivity contribution in [3.05, 3.63) is 0 Å². The number of hydrogen-bond donors (Lipinski definition) is 1. The van der Waals surface area contributed by atoms with Crippen LogP contribution in [0.25, 0.3) is 0 Å². The van der Waals surface area contributed by atoms with E-state index < -0.39 is 6.04 Å². The van der Waals surface area contributed by atoms with Gasteiger partial charge < -0.3 is 10.2 Å². The van der Waals surface area contributed by atoms with Gasteiger partial charge in [-0.05, 0) is 31.6 Å². The molecule has 4 heteroatoms. The number of carbonyl (C=O) groups excluding carboxylic acids is 2. The Balaban J connectivity index is 3.07. The summed E-state index contributed by atoms with van der Waals surface area (Å²) in [7, 11) is 0. The molecule has 1 heterocycles. The van der Waals surface area contributed by atoms with Crippen molar-refractivity contribution in [1.82, 2.24) is 10.2 Å². The van der Waals surface area contributed by atoms with Crippen molar-refractivity contribution in [2.24, 2.45) is 11.3 Å². The van der Waals surface area contributed by atoms with Crippen LogP contribution in [0.3, 0.4) is 0 Å². The maximum Gasteiger partial charge on any atom is 0.246 e. The van der Waals surface area contributed by atoms with Gasteiger partial charge in [-0.25, -0.2) is 0 Å². The minimum atomic E-state index is -0.425. The first-order chi connectivity index (χ1) is 8.55. The molecular weight excluding hydrogens is 240 g/mol. The van der Waals surface area contributed by atoms with Crippen molar-refractivity contribution in [3.8, 4) is 0 Å². The minimum Gasteiger partial charge on any atom is -0.342 e. The molecule has 0 bridgehead atoms. The molecule has 2 atom stereocenters. The second-order valence-corrected chi connectivity index (χ2v) is 7.29. The van der Waals surface area contributed by atoms with E-state index >= 15 is 0 Å². The van der Waals surface area contributed by atoms with Crippen LogP contribution in [0.4, 0.5) is 0 Å². The van der Waals surface area contributed by atoms with Gasteiger partial charge in [0.15, 0.2) is 0 Å². The zero-order valence-corrected chi connectivity index (χ0v) is 13.3. The smallest absolute Gasteiger partial charge is 0.246 e. The first-order valence-corrected chi connectivity index (χ1v) is 7.18. The third kappa shape index (κ3) is 3.48. The van der Waals surface area contributed by atoms with E-state index in [0.717, 1.165) is 0 Å². The van der Waals surface area contributed by atoms with Gasteiger partial charge in [0, 0.05) is 6.04 Å². The normalized spacial score (nSPS) is 25.2. The van der Waals surface area contributed by atoms with Crippen molar-refractivity contribution in [3.63, 3.8) is 0 Å². The Bertz CT molecular complexity index is 356. The fraction of sp³-hybridized carbons (Fsp3) is 0.867. The van der Waals surface area contributed by atoms with Gasteiger partial charge in [-0.3, -0.25) is 9.59 Å². The van der Waals surface area contributed by atoms with E-state index in [2.05, 4.69) is 19.2 Å². The van der Waals surface area contributed by atoms with Crippen LogP contribution in [0.15, 0.2) is 0 Å². The molecule has 110 valence electrons. The van der Waals surface area contributed by atoms with Crippen LogP contribution < -0.4 is 5.32 Å². The lowest BCUT2D eigenvalue weighted by atomic mass is 9.82. The maximum atomic E-state index is 12.7. The average Bonchev–Trinajstić information content (AvgIpc) is 2.20. The lowest BCUT2D eigenvalue weighted by Crippen LogP contribution is -2.68. The molecule has 1 aliphatic rings. The summed E-state index contributed by atoms with van der Waals surface area (Å²) in [6, 6.07) is -0.705. The summed E-state index contributed by atoms with van der Waals surface area (Å²) in [6.45, 7) is 14.1. The van der Waals surface area contributed by atoms with E-state index in [-0.39, 0.29) is 29.3 Å². The molecule has 0 spiro atoms. The zero-order chi connectivity index (χ0) is 15.0. The Hall–Kier alpha value is -1.06. The predicted octanol–water partition coefficient (Wildman–Crippen LogP) is 2.18. The van der Waals surface area contributed by atoms with Crippen LogP contribution in [0.5, 0.6) is 0 Å². The molecule has 2 unspecified atom stereocenters. The van der Waals surface area contributed by atoms with E-state index in [4.69, 9.17) is 0 Å². The largest absolute Gasteiger partial charge is 0.342 e. The topological polar surface area (TPSA) is 49.4 Å². The third-order valence-electron chi connectivity index (χ3n) is 3.54. The van der Waals surface area contributed by atoms with Gasteiger partial charge in [-0.15, -0.1) is 0 Å². The number of rotatable bonds is 3. The molecule has 19 heavy (non-hydrogen) atoms. The zero-order valence-electron chi connectivity index (χ0n) is 13.3. The van der Waals surface area contributed by atoms with Gasteiger partial charge in [0.05, 0.1) is 0 Å². The highest BCUT2D eigenvalue weighted by molar-refractivity contribution is 5.97. The molecule has 1 aliphatic heterocycles. The molecule has 1 fully saturated rings. The maximum absolute atomic E-state index is 12.7. The van der Waals surface area contributed by atoms with Crippen molar-refractivity contribution in [2.45, 2.75) is 73.0 Å². The molecule has 0 aliphatic carbocycles. The monoisotopic (exact) mass is 268 g/mol. The molecule has 1 saturated heterocycles. The van der Waals surface area contributed by atoms with E-state index in [1.165, 1.54) is 0 Å². The van der Waals surface area contributed by atoms with Crippen molar-refractivity contribution in [2.75, 3.05) is 0 Å². The van der Waals surface area contributed by atoms with Gasteiger partial charge in [0.2, 0.25) is 11.8 Å². The van der Waals surface area contributed by atoms with Crippen LogP contribution in [-0.4, -0.2) is 34.8 Å². The molecule has 0 saturated carbocycles. The number of amides is 2. The van der Waals surface area contributed by atoms with Crippen LogP contribution in [-0.2, 0) is 9.59 Å². The van der Waals surface area contributed by atoms with E-state index in [9.17, 15) is 9.59 Å². The quantitative estimate of drug-likeness (QED) is 0.853. The molecule has 1 N–H and O–H groups in total. The summed E-state index contributed by atoms with van der Waals surface area (Å²) in [4.78, 5) is 26.8. The van der Waals surface area contributed by atoms with Gasteiger partial charge >= 0.3 is 0 Å².